The Labute approximate surface area is 227 Å². The topological polar surface area (TPSA) is 147 Å². The summed E-state index contributed by atoms with van der Waals surface area (Å²) in [6, 6.07) is -0.144. The lowest BCUT2D eigenvalue weighted by atomic mass is 9.81. The molecule has 11 heteroatoms. The van der Waals surface area contributed by atoms with Gasteiger partial charge in [0, 0.05) is 19.0 Å². The van der Waals surface area contributed by atoms with Crippen molar-refractivity contribution >= 4 is 23.9 Å². The Bertz CT molecular complexity index is 921. The Kier molecular flexibility index (Phi) is 9.89. The van der Waals surface area contributed by atoms with Crippen LogP contribution in [-0.4, -0.2) is 68.6 Å². The van der Waals surface area contributed by atoms with Crippen LogP contribution in [0.4, 0.5) is 16.7 Å². The molecule has 1 aliphatic heterocycles. The van der Waals surface area contributed by atoms with Gasteiger partial charge >= 0.3 is 6.09 Å². The van der Waals surface area contributed by atoms with Crippen LogP contribution in [0.15, 0.2) is 0 Å². The summed E-state index contributed by atoms with van der Waals surface area (Å²) in [6.07, 6.45) is 6.86. The van der Waals surface area contributed by atoms with Crippen molar-refractivity contribution in [3.05, 3.63) is 0 Å². The number of carbonyl (C=O) groups excluding carboxylic acids is 2. The molecule has 2 aliphatic rings. The van der Waals surface area contributed by atoms with E-state index in [0.717, 1.165) is 6.42 Å². The molecule has 0 spiro atoms. The normalized spacial score (nSPS) is 22.9. The molecule has 38 heavy (non-hydrogen) atoms. The molecule has 1 aromatic rings. The van der Waals surface area contributed by atoms with E-state index in [1.165, 1.54) is 32.1 Å². The number of nitrogens with one attached hydrogen (secondary N) is 3. The zero-order valence-electron chi connectivity index (χ0n) is 24.3. The molecule has 2 heterocycles. The van der Waals surface area contributed by atoms with Gasteiger partial charge in [0.05, 0.1) is 12.1 Å². The number of aromatic nitrogens is 3. The quantitative estimate of drug-likeness (QED) is 0.324. The minimum atomic E-state index is -0.827. The highest BCUT2D eigenvalue weighted by Gasteiger charge is 2.52. The number of anilines is 2. The fraction of sp³-hybridized carbons (Fsp3) is 0.852. The van der Waals surface area contributed by atoms with Crippen LogP contribution in [0.2, 0.25) is 0 Å². The molecule has 0 radical (unpaired) electrons. The number of nitrogens with two attached hydrogens (primary N) is 1. The number of nitrogen functional groups attached to an aromatic ring is 1. The lowest BCUT2D eigenvalue weighted by molar-refractivity contribution is -0.129. The van der Waals surface area contributed by atoms with Gasteiger partial charge in [0.25, 0.3) is 0 Å². The summed E-state index contributed by atoms with van der Waals surface area (Å²) in [5.41, 5.74) is 4.11. The number of nitrogens with zero attached hydrogens (tertiary/aromatic N) is 3. The lowest BCUT2D eigenvalue weighted by Crippen LogP contribution is -2.51. The van der Waals surface area contributed by atoms with E-state index >= 15 is 0 Å². The van der Waals surface area contributed by atoms with Crippen LogP contribution >= 0.6 is 0 Å². The Hall–Kier alpha value is -2.56. The van der Waals surface area contributed by atoms with Gasteiger partial charge in [-0.15, -0.1) is 5.10 Å². The highest BCUT2D eigenvalue weighted by Crippen LogP contribution is 2.41. The molecule has 0 aromatic carbocycles. The number of ether oxygens (including phenoxy) is 2. The van der Waals surface area contributed by atoms with Crippen LogP contribution in [0.25, 0.3) is 0 Å². The minimum Gasteiger partial charge on any atom is -0.444 e. The number of aromatic amines is 1. The summed E-state index contributed by atoms with van der Waals surface area (Å²) >= 11 is 0. The molecule has 3 rings (SSSR count). The minimum absolute atomic E-state index is 0.0233. The molecular weight excluding hydrogens is 486 g/mol. The van der Waals surface area contributed by atoms with Gasteiger partial charge in [-0.3, -0.25) is 9.69 Å². The van der Waals surface area contributed by atoms with Crippen molar-refractivity contribution in [3.8, 4) is 0 Å². The first-order valence-corrected chi connectivity index (χ1v) is 14.2. The molecule has 5 N–H and O–H groups in total. The predicted molar refractivity (Wildman–Crippen MR) is 147 cm³/mol. The fourth-order valence-corrected chi connectivity index (χ4v) is 5.74. The molecule has 1 saturated heterocycles. The second-order valence-electron chi connectivity index (χ2n) is 12.6. The van der Waals surface area contributed by atoms with Gasteiger partial charge in [-0.1, -0.05) is 46.0 Å². The first-order chi connectivity index (χ1) is 17.8. The van der Waals surface area contributed by atoms with Gasteiger partial charge in [0.15, 0.2) is 0 Å². The maximum absolute atomic E-state index is 13.4. The molecule has 1 aromatic heterocycles. The largest absolute Gasteiger partial charge is 0.444 e. The number of rotatable bonds is 10. The van der Waals surface area contributed by atoms with Gasteiger partial charge < -0.3 is 25.8 Å². The van der Waals surface area contributed by atoms with Crippen molar-refractivity contribution in [2.75, 3.05) is 24.1 Å². The van der Waals surface area contributed by atoms with E-state index in [1.54, 1.807) is 4.90 Å². The third-order valence-corrected chi connectivity index (χ3v) is 7.51. The van der Waals surface area contributed by atoms with E-state index < -0.39 is 11.3 Å². The summed E-state index contributed by atoms with van der Waals surface area (Å²) in [6.45, 7) is 14.5. The predicted octanol–water partition coefficient (Wildman–Crippen LogP) is 4.29. The third kappa shape index (κ3) is 8.22. The van der Waals surface area contributed by atoms with Crippen molar-refractivity contribution in [2.24, 2.45) is 17.8 Å². The zero-order chi connectivity index (χ0) is 28.1. The van der Waals surface area contributed by atoms with Crippen LogP contribution in [-0.2, 0) is 14.3 Å². The molecular formula is C27H49N7O4. The van der Waals surface area contributed by atoms with Gasteiger partial charge in [0.2, 0.25) is 17.8 Å². The van der Waals surface area contributed by atoms with Gasteiger partial charge in [-0.2, -0.15) is 4.98 Å². The average Bonchev–Trinajstić information content (AvgIpc) is 3.33. The van der Waals surface area contributed by atoms with Crippen molar-refractivity contribution in [1.29, 1.82) is 0 Å². The zero-order valence-corrected chi connectivity index (χ0v) is 24.3. The Morgan fingerprint density at radius 2 is 1.89 bits per heavy atom. The molecule has 2 amide bonds. The highest BCUT2D eigenvalue weighted by atomic mass is 16.6. The molecule has 1 unspecified atom stereocenters. The average molecular weight is 536 g/mol. The first-order valence-electron chi connectivity index (χ1n) is 14.2. The number of amides is 2. The van der Waals surface area contributed by atoms with Crippen molar-refractivity contribution in [2.45, 2.75) is 117 Å². The van der Waals surface area contributed by atoms with E-state index in [1.807, 2.05) is 34.6 Å². The molecule has 11 nitrogen and oxygen atoms in total. The van der Waals surface area contributed by atoms with Crippen molar-refractivity contribution in [3.63, 3.8) is 0 Å². The van der Waals surface area contributed by atoms with E-state index in [9.17, 15) is 9.59 Å². The second kappa shape index (κ2) is 12.5. The summed E-state index contributed by atoms with van der Waals surface area (Å²) in [5.74, 6) is 0.993. The number of hydrogen-bond donors (Lipinski definition) is 4. The van der Waals surface area contributed by atoms with E-state index in [0.29, 0.717) is 31.4 Å². The number of H-pyrrole nitrogens is 1. The smallest absolute Gasteiger partial charge is 0.412 e. The molecule has 216 valence electrons. The van der Waals surface area contributed by atoms with Crippen molar-refractivity contribution < 1.29 is 19.1 Å². The first kappa shape index (κ1) is 30.0. The van der Waals surface area contributed by atoms with Crippen molar-refractivity contribution in [1.82, 2.24) is 25.4 Å². The van der Waals surface area contributed by atoms with Gasteiger partial charge in [-0.05, 0) is 59.3 Å². The van der Waals surface area contributed by atoms with E-state index in [4.69, 9.17) is 15.2 Å². The maximum Gasteiger partial charge on any atom is 0.412 e. The van der Waals surface area contributed by atoms with Crippen LogP contribution in [0.5, 0.6) is 0 Å². The van der Waals surface area contributed by atoms with Crippen LogP contribution in [0, 0.1) is 17.8 Å². The number of carbonyl (C=O) groups is 2. The summed E-state index contributed by atoms with van der Waals surface area (Å²) in [4.78, 5) is 32.5. The van der Waals surface area contributed by atoms with E-state index in [2.05, 4.69) is 39.7 Å². The molecule has 1 saturated carbocycles. The summed E-state index contributed by atoms with van der Waals surface area (Å²) in [5, 5.41) is 12.6. The van der Waals surface area contributed by atoms with Gasteiger partial charge in [-0.25, -0.2) is 9.89 Å². The molecule has 0 bridgehead atoms. The van der Waals surface area contributed by atoms with Gasteiger partial charge in [0.1, 0.15) is 11.3 Å². The SMILES string of the molecule is CC(C)[C@H](CC1OC(C)(C)N(C(=O)OC(C)(C)C)[C@H]1CC1CCCCC1)C(=O)NCCNc1n[nH]c(N)n1. The maximum atomic E-state index is 13.4. The van der Waals surface area contributed by atoms with E-state index in [-0.39, 0.29) is 41.9 Å². The Balaban J connectivity index is 1.71. The van der Waals surface area contributed by atoms with Crippen LogP contribution in [0.1, 0.15) is 93.4 Å². The molecule has 3 atom stereocenters. The monoisotopic (exact) mass is 535 g/mol. The highest BCUT2D eigenvalue weighted by molar-refractivity contribution is 5.79. The summed E-state index contributed by atoms with van der Waals surface area (Å²) < 4.78 is 12.4. The van der Waals surface area contributed by atoms with Crippen LogP contribution < -0.4 is 16.4 Å². The van der Waals surface area contributed by atoms with Crippen LogP contribution in [0.3, 0.4) is 0 Å². The molecule has 2 fully saturated rings. The fourth-order valence-electron chi connectivity index (χ4n) is 5.74. The third-order valence-electron chi connectivity index (χ3n) is 7.51. The lowest BCUT2D eigenvalue weighted by Gasteiger charge is -2.37. The second-order valence-corrected chi connectivity index (χ2v) is 12.6. The Morgan fingerprint density at radius 3 is 2.47 bits per heavy atom. The standard InChI is InChI=1S/C27H49N7O4/c1-17(2)19(22(35)29-13-14-30-24-31-23(28)32-33-24)16-21-20(15-18-11-9-8-10-12-18)34(27(6,7)37-21)25(36)38-26(3,4)5/h17-21H,8-16H2,1-7H3,(H,29,35)(H4,28,30,31,32,33)/t19-,20-,21?/m0/s1. The molecule has 1 aliphatic carbocycles. The Morgan fingerprint density at radius 1 is 1.21 bits per heavy atom. The number of hydrogen-bond acceptors (Lipinski definition) is 8. The summed E-state index contributed by atoms with van der Waals surface area (Å²) in [7, 11) is 0.